The van der Waals surface area contributed by atoms with E-state index in [1.807, 2.05) is 13.8 Å². The van der Waals surface area contributed by atoms with E-state index < -0.39 is 0 Å². The SMILES string of the molecule is CC(C)C(O)c1cncs1. The van der Waals surface area contributed by atoms with Crippen LogP contribution in [0.15, 0.2) is 11.7 Å². The Morgan fingerprint density at radius 2 is 2.30 bits per heavy atom. The smallest absolute Gasteiger partial charge is 0.0920 e. The van der Waals surface area contributed by atoms with Crippen LogP contribution in [0.4, 0.5) is 0 Å². The third-order valence-corrected chi connectivity index (χ3v) is 2.22. The number of hydrogen-bond acceptors (Lipinski definition) is 3. The van der Waals surface area contributed by atoms with Crippen LogP contribution in [0.5, 0.6) is 0 Å². The normalized spacial score (nSPS) is 14.0. The first kappa shape index (κ1) is 7.69. The van der Waals surface area contributed by atoms with E-state index in [1.165, 1.54) is 11.3 Å². The van der Waals surface area contributed by atoms with Crippen LogP contribution in [0, 0.1) is 5.92 Å². The molecule has 0 saturated carbocycles. The minimum absolute atomic E-state index is 0.278. The fraction of sp³-hybridized carbons (Fsp3) is 0.571. The summed E-state index contributed by atoms with van der Waals surface area (Å²) in [5.74, 6) is 0.278. The number of aromatic nitrogens is 1. The van der Waals surface area contributed by atoms with Crippen LogP contribution in [0.1, 0.15) is 24.8 Å². The summed E-state index contributed by atoms with van der Waals surface area (Å²) in [6.07, 6.45) is 1.38. The molecule has 10 heavy (non-hydrogen) atoms. The van der Waals surface area contributed by atoms with Crippen molar-refractivity contribution in [1.82, 2.24) is 4.98 Å². The molecule has 0 aliphatic rings. The van der Waals surface area contributed by atoms with Crippen LogP contribution >= 0.6 is 11.3 Å². The van der Waals surface area contributed by atoms with Crippen molar-refractivity contribution < 1.29 is 5.11 Å². The first-order valence-electron chi connectivity index (χ1n) is 3.28. The van der Waals surface area contributed by atoms with Gasteiger partial charge in [0, 0.05) is 6.20 Å². The second-order valence-electron chi connectivity index (χ2n) is 2.59. The standard InChI is InChI=1S/C7H11NOS/c1-5(2)7(9)6-3-8-4-10-6/h3-5,7,9H,1-2H3. The van der Waals surface area contributed by atoms with Gasteiger partial charge in [-0.15, -0.1) is 11.3 Å². The average Bonchev–Trinajstić information content (AvgIpc) is 2.36. The van der Waals surface area contributed by atoms with Crippen molar-refractivity contribution in [3.05, 3.63) is 16.6 Å². The van der Waals surface area contributed by atoms with Gasteiger partial charge in [0.15, 0.2) is 0 Å². The lowest BCUT2D eigenvalue weighted by Crippen LogP contribution is -2.02. The molecule has 1 rings (SSSR count). The highest BCUT2D eigenvalue weighted by Gasteiger charge is 2.12. The third-order valence-electron chi connectivity index (χ3n) is 1.37. The second-order valence-corrected chi connectivity index (χ2v) is 3.51. The lowest BCUT2D eigenvalue weighted by molar-refractivity contribution is 0.130. The highest BCUT2D eigenvalue weighted by Crippen LogP contribution is 2.23. The molecule has 56 valence electrons. The van der Waals surface area contributed by atoms with Gasteiger partial charge >= 0.3 is 0 Å². The van der Waals surface area contributed by atoms with Crippen LogP contribution in [0.25, 0.3) is 0 Å². The molecule has 0 saturated heterocycles. The number of nitrogens with zero attached hydrogens (tertiary/aromatic N) is 1. The summed E-state index contributed by atoms with van der Waals surface area (Å²) in [6, 6.07) is 0. The zero-order valence-corrected chi connectivity index (χ0v) is 6.93. The summed E-state index contributed by atoms with van der Waals surface area (Å²) in [6.45, 7) is 3.98. The Morgan fingerprint density at radius 3 is 2.70 bits per heavy atom. The highest BCUT2D eigenvalue weighted by molar-refractivity contribution is 7.09. The molecule has 2 nitrogen and oxygen atoms in total. The first-order chi connectivity index (χ1) is 4.72. The summed E-state index contributed by atoms with van der Waals surface area (Å²) >= 11 is 1.50. The molecule has 1 atom stereocenters. The van der Waals surface area contributed by atoms with Crippen LogP contribution in [0.3, 0.4) is 0 Å². The summed E-state index contributed by atoms with van der Waals surface area (Å²) in [5, 5.41) is 9.46. The minimum Gasteiger partial charge on any atom is -0.387 e. The van der Waals surface area contributed by atoms with E-state index in [1.54, 1.807) is 11.7 Å². The molecule has 0 aliphatic heterocycles. The fourth-order valence-electron chi connectivity index (χ4n) is 0.700. The van der Waals surface area contributed by atoms with Crippen molar-refractivity contribution in [2.45, 2.75) is 20.0 Å². The summed E-state index contributed by atoms with van der Waals surface area (Å²) in [5.41, 5.74) is 1.74. The van der Waals surface area contributed by atoms with Crippen molar-refractivity contribution in [1.29, 1.82) is 0 Å². The number of rotatable bonds is 2. The summed E-state index contributed by atoms with van der Waals surface area (Å²) in [4.78, 5) is 4.84. The van der Waals surface area contributed by atoms with E-state index in [2.05, 4.69) is 4.98 Å². The molecule has 0 aliphatic carbocycles. The van der Waals surface area contributed by atoms with E-state index >= 15 is 0 Å². The lowest BCUT2D eigenvalue weighted by Gasteiger charge is -2.10. The van der Waals surface area contributed by atoms with Gasteiger partial charge in [0.05, 0.1) is 16.5 Å². The average molecular weight is 157 g/mol. The van der Waals surface area contributed by atoms with E-state index in [9.17, 15) is 5.11 Å². The van der Waals surface area contributed by atoms with Crippen LogP contribution in [-0.4, -0.2) is 10.1 Å². The maximum absolute atomic E-state index is 9.46. The van der Waals surface area contributed by atoms with Gasteiger partial charge in [-0.3, -0.25) is 4.98 Å². The zero-order chi connectivity index (χ0) is 7.56. The van der Waals surface area contributed by atoms with Crippen LogP contribution in [0.2, 0.25) is 0 Å². The van der Waals surface area contributed by atoms with Gasteiger partial charge in [0.25, 0.3) is 0 Å². The van der Waals surface area contributed by atoms with Gasteiger partial charge in [-0.05, 0) is 5.92 Å². The maximum atomic E-state index is 9.46. The van der Waals surface area contributed by atoms with Crippen molar-refractivity contribution in [2.24, 2.45) is 5.92 Å². The van der Waals surface area contributed by atoms with E-state index in [-0.39, 0.29) is 12.0 Å². The molecule has 3 heteroatoms. The van der Waals surface area contributed by atoms with E-state index in [0.717, 1.165) is 4.88 Å². The van der Waals surface area contributed by atoms with Gasteiger partial charge in [-0.2, -0.15) is 0 Å². The number of aliphatic hydroxyl groups excluding tert-OH is 1. The molecular weight excluding hydrogens is 146 g/mol. The van der Waals surface area contributed by atoms with Gasteiger partial charge in [-0.25, -0.2) is 0 Å². The van der Waals surface area contributed by atoms with Crippen LogP contribution < -0.4 is 0 Å². The largest absolute Gasteiger partial charge is 0.387 e. The van der Waals surface area contributed by atoms with E-state index in [4.69, 9.17) is 0 Å². The van der Waals surface area contributed by atoms with Crippen molar-refractivity contribution in [2.75, 3.05) is 0 Å². The van der Waals surface area contributed by atoms with Crippen molar-refractivity contribution in [3.63, 3.8) is 0 Å². The number of hydrogen-bond donors (Lipinski definition) is 1. The lowest BCUT2D eigenvalue weighted by atomic mass is 10.1. The summed E-state index contributed by atoms with van der Waals surface area (Å²) in [7, 11) is 0. The predicted molar refractivity (Wildman–Crippen MR) is 41.9 cm³/mol. The van der Waals surface area contributed by atoms with E-state index in [0.29, 0.717) is 0 Å². The van der Waals surface area contributed by atoms with Gasteiger partial charge < -0.3 is 5.11 Å². The number of thiazole rings is 1. The molecule has 0 radical (unpaired) electrons. The molecule has 0 spiro atoms. The Labute approximate surface area is 64.5 Å². The first-order valence-corrected chi connectivity index (χ1v) is 4.16. The zero-order valence-electron chi connectivity index (χ0n) is 6.11. The molecule has 0 fully saturated rings. The van der Waals surface area contributed by atoms with Crippen LogP contribution in [-0.2, 0) is 0 Å². The maximum Gasteiger partial charge on any atom is 0.0920 e. The number of aliphatic hydroxyl groups is 1. The van der Waals surface area contributed by atoms with Crippen molar-refractivity contribution >= 4 is 11.3 Å². The molecule has 0 bridgehead atoms. The Balaban J connectivity index is 2.68. The monoisotopic (exact) mass is 157 g/mol. The summed E-state index contributed by atoms with van der Waals surface area (Å²) < 4.78 is 0. The second kappa shape index (κ2) is 3.12. The van der Waals surface area contributed by atoms with Crippen molar-refractivity contribution in [3.8, 4) is 0 Å². The van der Waals surface area contributed by atoms with Gasteiger partial charge in [-0.1, -0.05) is 13.8 Å². The Kier molecular flexibility index (Phi) is 2.40. The highest BCUT2D eigenvalue weighted by atomic mass is 32.1. The molecular formula is C7H11NOS. The molecule has 0 amide bonds. The molecule has 1 N–H and O–H groups in total. The molecule has 1 unspecified atom stereocenters. The van der Waals surface area contributed by atoms with Gasteiger partial charge in [0.1, 0.15) is 0 Å². The molecule has 0 aromatic carbocycles. The topological polar surface area (TPSA) is 33.1 Å². The Morgan fingerprint density at radius 1 is 1.60 bits per heavy atom. The minimum atomic E-state index is -0.340. The predicted octanol–water partition coefficient (Wildman–Crippen LogP) is 1.83. The molecule has 1 aromatic heterocycles. The fourth-order valence-corrected chi connectivity index (χ4v) is 1.48. The Hall–Kier alpha value is -0.410. The molecule has 1 heterocycles. The van der Waals surface area contributed by atoms with Gasteiger partial charge in [0.2, 0.25) is 0 Å². The quantitative estimate of drug-likeness (QED) is 0.710. The molecule has 1 aromatic rings. The third kappa shape index (κ3) is 1.55. The Bertz CT molecular complexity index is 183.